The number of benzene rings is 1. The molecule has 0 aliphatic heterocycles. The molecule has 126 valence electrons. The molecule has 0 saturated heterocycles. The number of methoxy groups -OCH3 is 1. The Morgan fingerprint density at radius 1 is 1.17 bits per heavy atom. The first-order valence-electron chi connectivity index (χ1n) is 8.29. The third kappa shape index (κ3) is 4.58. The van der Waals surface area contributed by atoms with Gasteiger partial charge < -0.3 is 9.47 Å². The lowest BCUT2D eigenvalue weighted by atomic mass is 10.1. The highest BCUT2D eigenvalue weighted by Crippen LogP contribution is 2.25. The summed E-state index contributed by atoms with van der Waals surface area (Å²) >= 11 is 0. The summed E-state index contributed by atoms with van der Waals surface area (Å²) in [5.74, 6) is 0.960. The van der Waals surface area contributed by atoms with Crippen LogP contribution in [0, 0.1) is 20.8 Å². The molecule has 0 saturated carbocycles. The first kappa shape index (κ1) is 17.5. The summed E-state index contributed by atoms with van der Waals surface area (Å²) in [6.45, 7) is 9.00. The van der Waals surface area contributed by atoms with Crippen LogP contribution in [-0.4, -0.2) is 23.9 Å². The van der Waals surface area contributed by atoms with Crippen molar-refractivity contribution in [2.75, 3.05) is 13.7 Å². The molecule has 0 fully saturated rings. The highest BCUT2D eigenvalue weighted by molar-refractivity contribution is 5.37. The van der Waals surface area contributed by atoms with E-state index in [1.807, 2.05) is 6.92 Å². The third-order valence-electron chi connectivity index (χ3n) is 4.39. The Hall–Kier alpha value is -1.81. The minimum absolute atomic E-state index is 0.0880. The molecular formula is C19H28N2O2. The summed E-state index contributed by atoms with van der Waals surface area (Å²) in [7, 11) is 1.73. The van der Waals surface area contributed by atoms with Crippen molar-refractivity contribution in [3.05, 3.63) is 46.3 Å². The molecule has 1 aromatic carbocycles. The van der Waals surface area contributed by atoms with Gasteiger partial charge in [-0.2, -0.15) is 5.10 Å². The Bertz CT molecular complexity index is 615. The quantitative estimate of drug-likeness (QED) is 0.732. The van der Waals surface area contributed by atoms with E-state index in [1.165, 1.54) is 16.8 Å². The molecule has 0 aliphatic carbocycles. The molecule has 23 heavy (non-hydrogen) atoms. The zero-order valence-electron chi connectivity index (χ0n) is 14.9. The normalized spacial score (nSPS) is 12.4. The van der Waals surface area contributed by atoms with Gasteiger partial charge in [0.2, 0.25) is 0 Å². The number of rotatable bonds is 8. The van der Waals surface area contributed by atoms with E-state index in [-0.39, 0.29) is 6.10 Å². The van der Waals surface area contributed by atoms with Gasteiger partial charge in [-0.25, -0.2) is 0 Å². The van der Waals surface area contributed by atoms with Crippen LogP contribution in [0.1, 0.15) is 53.9 Å². The Kier molecular flexibility index (Phi) is 6.22. The number of aromatic nitrogens is 2. The number of aryl methyl sites for hydroxylation is 3. The van der Waals surface area contributed by atoms with Crippen molar-refractivity contribution in [2.24, 2.45) is 0 Å². The average molecular weight is 316 g/mol. The topological polar surface area (TPSA) is 47.1 Å². The second-order valence-corrected chi connectivity index (χ2v) is 6.12. The summed E-state index contributed by atoms with van der Waals surface area (Å²) < 4.78 is 11.3. The maximum absolute atomic E-state index is 5.97. The zero-order chi connectivity index (χ0) is 16.8. The number of ether oxygens (including phenoxy) is 2. The van der Waals surface area contributed by atoms with Gasteiger partial charge in [-0.05, 0) is 69.7 Å². The van der Waals surface area contributed by atoms with Crippen molar-refractivity contribution < 1.29 is 9.47 Å². The number of aromatic amines is 1. The lowest BCUT2D eigenvalue weighted by Crippen LogP contribution is -2.02. The van der Waals surface area contributed by atoms with Gasteiger partial charge in [-0.1, -0.05) is 12.1 Å². The van der Waals surface area contributed by atoms with Crippen molar-refractivity contribution in [3.63, 3.8) is 0 Å². The molecule has 1 aromatic heterocycles. The maximum Gasteiger partial charge on any atom is 0.122 e. The van der Waals surface area contributed by atoms with E-state index in [9.17, 15) is 0 Å². The smallest absolute Gasteiger partial charge is 0.122 e. The molecule has 1 atom stereocenters. The Morgan fingerprint density at radius 2 is 1.96 bits per heavy atom. The van der Waals surface area contributed by atoms with Crippen LogP contribution in [0.4, 0.5) is 0 Å². The molecular weight excluding hydrogens is 288 g/mol. The van der Waals surface area contributed by atoms with Crippen molar-refractivity contribution >= 4 is 0 Å². The summed E-state index contributed by atoms with van der Waals surface area (Å²) in [6.07, 6.45) is 3.28. The Morgan fingerprint density at radius 3 is 2.61 bits per heavy atom. The second-order valence-electron chi connectivity index (χ2n) is 6.12. The van der Waals surface area contributed by atoms with E-state index in [1.54, 1.807) is 7.11 Å². The monoisotopic (exact) mass is 316 g/mol. The van der Waals surface area contributed by atoms with Crippen molar-refractivity contribution in [1.29, 1.82) is 0 Å². The van der Waals surface area contributed by atoms with Gasteiger partial charge in [0, 0.05) is 12.8 Å². The van der Waals surface area contributed by atoms with E-state index in [0.29, 0.717) is 0 Å². The zero-order valence-corrected chi connectivity index (χ0v) is 14.9. The molecule has 4 nitrogen and oxygen atoms in total. The highest BCUT2D eigenvalue weighted by atomic mass is 16.5. The summed E-state index contributed by atoms with van der Waals surface area (Å²) in [5, 5.41) is 7.28. The van der Waals surface area contributed by atoms with E-state index < -0.39 is 0 Å². The van der Waals surface area contributed by atoms with Crippen LogP contribution in [0.3, 0.4) is 0 Å². The fourth-order valence-electron chi connectivity index (χ4n) is 2.69. The minimum Gasteiger partial charge on any atom is -0.493 e. The molecule has 2 aromatic rings. The van der Waals surface area contributed by atoms with Crippen LogP contribution in [-0.2, 0) is 11.2 Å². The van der Waals surface area contributed by atoms with E-state index in [2.05, 4.69) is 49.2 Å². The molecule has 0 amide bonds. The predicted molar refractivity (Wildman–Crippen MR) is 93.1 cm³/mol. The molecule has 1 N–H and O–H groups in total. The number of nitrogens with one attached hydrogen (secondary N) is 1. The summed E-state index contributed by atoms with van der Waals surface area (Å²) in [6, 6.07) is 6.28. The molecule has 1 heterocycles. The average Bonchev–Trinajstić information content (AvgIpc) is 2.87. The predicted octanol–water partition coefficient (Wildman–Crippen LogP) is 4.44. The van der Waals surface area contributed by atoms with Gasteiger partial charge in [-0.3, -0.25) is 5.10 Å². The Labute approximate surface area is 139 Å². The molecule has 1 unspecified atom stereocenters. The number of hydrogen-bond acceptors (Lipinski definition) is 3. The van der Waals surface area contributed by atoms with Crippen LogP contribution in [0.5, 0.6) is 5.75 Å². The molecule has 0 aliphatic rings. The minimum atomic E-state index is 0.0880. The molecule has 0 bridgehead atoms. The fraction of sp³-hybridized carbons (Fsp3) is 0.526. The molecule has 4 heteroatoms. The van der Waals surface area contributed by atoms with E-state index >= 15 is 0 Å². The molecule has 2 rings (SSSR count). The lowest BCUT2D eigenvalue weighted by Gasteiger charge is -2.14. The van der Waals surface area contributed by atoms with Crippen LogP contribution in [0.2, 0.25) is 0 Å². The number of hydrogen-bond donors (Lipinski definition) is 1. The first-order chi connectivity index (χ1) is 11.0. The van der Waals surface area contributed by atoms with Gasteiger partial charge in [0.1, 0.15) is 5.75 Å². The summed E-state index contributed by atoms with van der Waals surface area (Å²) in [4.78, 5) is 0. The molecule has 0 spiro atoms. The van der Waals surface area contributed by atoms with Crippen LogP contribution in [0.25, 0.3) is 0 Å². The van der Waals surface area contributed by atoms with E-state index in [0.717, 1.165) is 42.9 Å². The summed E-state index contributed by atoms with van der Waals surface area (Å²) in [5.41, 5.74) is 5.95. The largest absolute Gasteiger partial charge is 0.493 e. The second kappa shape index (κ2) is 8.16. The van der Waals surface area contributed by atoms with Crippen molar-refractivity contribution in [1.82, 2.24) is 10.2 Å². The Balaban J connectivity index is 1.82. The van der Waals surface area contributed by atoms with E-state index in [4.69, 9.17) is 9.47 Å². The fourth-order valence-corrected chi connectivity index (χ4v) is 2.69. The van der Waals surface area contributed by atoms with Crippen LogP contribution in [0.15, 0.2) is 18.2 Å². The van der Waals surface area contributed by atoms with Gasteiger partial charge in [0.05, 0.1) is 18.4 Å². The standard InChI is InChI=1S/C19H28N2O2/c1-13-9-10-17(16(4)22-5)12-19(13)23-11-7-6-8-18-14(2)20-21-15(18)3/h9-10,12,16H,6-8,11H2,1-5H3,(H,20,21). The SMILES string of the molecule is COC(C)c1ccc(C)c(OCCCCc2c(C)n[nH]c2C)c1. The lowest BCUT2D eigenvalue weighted by molar-refractivity contribution is 0.119. The first-order valence-corrected chi connectivity index (χ1v) is 8.29. The van der Waals surface area contributed by atoms with Gasteiger partial charge in [0.15, 0.2) is 0 Å². The van der Waals surface area contributed by atoms with Crippen LogP contribution >= 0.6 is 0 Å². The maximum atomic E-state index is 5.97. The van der Waals surface area contributed by atoms with Crippen molar-refractivity contribution in [2.45, 2.75) is 53.1 Å². The van der Waals surface area contributed by atoms with Crippen molar-refractivity contribution in [3.8, 4) is 5.75 Å². The molecule has 0 radical (unpaired) electrons. The van der Waals surface area contributed by atoms with Gasteiger partial charge in [0.25, 0.3) is 0 Å². The van der Waals surface area contributed by atoms with Crippen LogP contribution < -0.4 is 4.74 Å². The third-order valence-corrected chi connectivity index (χ3v) is 4.39. The highest BCUT2D eigenvalue weighted by Gasteiger charge is 2.08. The van der Waals surface area contributed by atoms with Gasteiger partial charge in [-0.15, -0.1) is 0 Å². The number of nitrogens with zero attached hydrogens (tertiary/aromatic N) is 1. The van der Waals surface area contributed by atoms with Gasteiger partial charge >= 0.3 is 0 Å². The number of H-pyrrole nitrogens is 1. The number of unbranched alkanes of at least 4 members (excludes halogenated alkanes) is 1.